The molecule has 3 rings (SSSR count). The molecule has 0 bridgehead atoms. The van der Waals surface area contributed by atoms with Crippen molar-refractivity contribution in [3.63, 3.8) is 0 Å². The third-order valence-corrected chi connectivity index (χ3v) is 3.77. The smallest absolute Gasteiger partial charge is 0.242 e. The molecular formula is C16H17FN4O2. The van der Waals surface area contributed by atoms with Gasteiger partial charge in [0.15, 0.2) is 11.6 Å². The first kappa shape index (κ1) is 15.2. The van der Waals surface area contributed by atoms with Crippen molar-refractivity contribution in [2.45, 2.75) is 6.54 Å². The number of amides is 1. The number of hydrogen-bond donors (Lipinski definition) is 0. The lowest BCUT2D eigenvalue weighted by molar-refractivity contribution is -0.131. The van der Waals surface area contributed by atoms with Gasteiger partial charge in [-0.1, -0.05) is 12.1 Å². The number of halogens is 1. The zero-order chi connectivity index (χ0) is 16.2. The van der Waals surface area contributed by atoms with E-state index in [-0.39, 0.29) is 18.3 Å². The van der Waals surface area contributed by atoms with Crippen LogP contribution in [0.2, 0.25) is 0 Å². The summed E-state index contributed by atoms with van der Waals surface area (Å²) in [5.41, 5.74) is 0.999. The number of hydrogen-bond acceptors (Lipinski definition) is 5. The minimum Gasteiger partial charge on any atom is -0.497 e. The molecule has 0 aliphatic carbocycles. The van der Waals surface area contributed by atoms with Gasteiger partial charge in [-0.05, 0) is 17.7 Å². The average Bonchev–Trinajstić information content (AvgIpc) is 2.57. The van der Waals surface area contributed by atoms with Gasteiger partial charge in [-0.25, -0.2) is 14.4 Å². The summed E-state index contributed by atoms with van der Waals surface area (Å²) in [5.74, 6) is 0.365. The predicted octanol–water partition coefficient (Wildman–Crippen LogP) is 1.47. The summed E-state index contributed by atoms with van der Waals surface area (Å²) >= 11 is 0. The second-order valence-electron chi connectivity index (χ2n) is 5.28. The Kier molecular flexibility index (Phi) is 4.36. The van der Waals surface area contributed by atoms with Crippen molar-refractivity contribution in [1.29, 1.82) is 0 Å². The minimum absolute atomic E-state index is 0.0583. The van der Waals surface area contributed by atoms with E-state index in [1.165, 1.54) is 6.33 Å². The molecule has 0 spiro atoms. The zero-order valence-electron chi connectivity index (χ0n) is 12.8. The van der Waals surface area contributed by atoms with Crippen LogP contribution in [0.3, 0.4) is 0 Å². The molecule has 7 heteroatoms. The van der Waals surface area contributed by atoms with Gasteiger partial charge in [-0.2, -0.15) is 0 Å². The lowest BCUT2D eigenvalue weighted by Crippen LogP contribution is -2.50. The van der Waals surface area contributed by atoms with Crippen molar-refractivity contribution >= 4 is 11.7 Å². The largest absolute Gasteiger partial charge is 0.497 e. The number of ether oxygens (including phenoxy) is 1. The standard InChI is InChI=1S/C16H17FN4O2/c1-23-13-4-2-3-12(7-13)9-20-5-6-21(10-15(20)22)16-14(17)8-18-11-19-16/h2-4,7-8,11H,5-6,9-10H2,1H3. The van der Waals surface area contributed by atoms with E-state index in [4.69, 9.17) is 4.74 Å². The summed E-state index contributed by atoms with van der Waals surface area (Å²) in [4.78, 5) is 23.3. The molecule has 1 aliphatic rings. The number of benzene rings is 1. The van der Waals surface area contributed by atoms with Crippen LogP contribution < -0.4 is 9.64 Å². The van der Waals surface area contributed by atoms with Gasteiger partial charge in [0.2, 0.25) is 5.91 Å². The van der Waals surface area contributed by atoms with Crippen molar-refractivity contribution in [3.05, 3.63) is 48.2 Å². The van der Waals surface area contributed by atoms with E-state index in [1.807, 2.05) is 24.3 Å². The molecule has 0 atom stereocenters. The molecule has 120 valence electrons. The SMILES string of the molecule is COc1cccc(CN2CCN(c3ncncc3F)CC2=O)c1. The summed E-state index contributed by atoms with van der Waals surface area (Å²) in [6, 6.07) is 7.61. The topological polar surface area (TPSA) is 58.6 Å². The highest BCUT2D eigenvalue weighted by atomic mass is 19.1. The Labute approximate surface area is 133 Å². The molecular weight excluding hydrogens is 299 g/mol. The van der Waals surface area contributed by atoms with Crippen LogP contribution in [0.5, 0.6) is 5.75 Å². The highest BCUT2D eigenvalue weighted by Gasteiger charge is 2.26. The van der Waals surface area contributed by atoms with Gasteiger partial charge >= 0.3 is 0 Å². The number of carbonyl (C=O) groups excluding carboxylic acids is 1. The Morgan fingerprint density at radius 3 is 2.96 bits per heavy atom. The average molecular weight is 316 g/mol. The van der Waals surface area contributed by atoms with Crippen molar-refractivity contribution in [3.8, 4) is 5.75 Å². The second-order valence-corrected chi connectivity index (χ2v) is 5.28. The molecule has 0 N–H and O–H groups in total. The van der Waals surface area contributed by atoms with E-state index >= 15 is 0 Å². The molecule has 2 heterocycles. The van der Waals surface area contributed by atoms with Crippen LogP contribution in [0.15, 0.2) is 36.8 Å². The fraction of sp³-hybridized carbons (Fsp3) is 0.312. The minimum atomic E-state index is -0.512. The summed E-state index contributed by atoms with van der Waals surface area (Å²) in [6.45, 7) is 1.66. The normalized spacial score (nSPS) is 15.0. The second kappa shape index (κ2) is 6.60. The fourth-order valence-corrected chi connectivity index (χ4v) is 2.59. The Balaban J connectivity index is 1.67. The predicted molar refractivity (Wildman–Crippen MR) is 82.6 cm³/mol. The molecule has 1 amide bonds. The molecule has 2 aromatic rings. The van der Waals surface area contributed by atoms with E-state index in [2.05, 4.69) is 9.97 Å². The maximum Gasteiger partial charge on any atom is 0.242 e. The maximum atomic E-state index is 13.7. The van der Waals surface area contributed by atoms with Gasteiger partial charge in [-0.15, -0.1) is 0 Å². The Morgan fingerprint density at radius 2 is 2.22 bits per heavy atom. The van der Waals surface area contributed by atoms with Crippen molar-refractivity contribution < 1.29 is 13.9 Å². The van der Waals surface area contributed by atoms with Crippen LogP contribution in [-0.4, -0.2) is 47.5 Å². The van der Waals surface area contributed by atoms with Gasteiger partial charge in [0.1, 0.15) is 12.1 Å². The van der Waals surface area contributed by atoms with Gasteiger partial charge in [0.05, 0.1) is 19.9 Å². The van der Waals surface area contributed by atoms with Crippen LogP contribution in [0.4, 0.5) is 10.2 Å². The first-order valence-corrected chi connectivity index (χ1v) is 7.28. The third-order valence-electron chi connectivity index (χ3n) is 3.77. The van der Waals surface area contributed by atoms with Gasteiger partial charge < -0.3 is 14.5 Å². The number of methoxy groups -OCH3 is 1. The molecule has 0 unspecified atom stereocenters. The highest BCUT2D eigenvalue weighted by Crippen LogP contribution is 2.19. The first-order chi connectivity index (χ1) is 11.2. The number of nitrogens with zero attached hydrogens (tertiary/aromatic N) is 4. The van der Waals surface area contributed by atoms with E-state index in [0.717, 1.165) is 17.5 Å². The molecule has 1 aliphatic heterocycles. The van der Waals surface area contributed by atoms with Crippen molar-refractivity contribution in [2.24, 2.45) is 0 Å². The van der Waals surface area contributed by atoms with Crippen LogP contribution >= 0.6 is 0 Å². The van der Waals surface area contributed by atoms with Gasteiger partial charge in [-0.3, -0.25) is 4.79 Å². The van der Waals surface area contributed by atoms with Crippen LogP contribution in [-0.2, 0) is 11.3 Å². The van der Waals surface area contributed by atoms with E-state index < -0.39 is 5.82 Å². The highest BCUT2D eigenvalue weighted by molar-refractivity contribution is 5.82. The van der Waals surface area contributed by atoms with E-state index in [1.54, 1.807) is 16.9 Å². The molecule has 0 saturated carbocycles. The van der Waals surface area contributed by atoms with Gasteiger partial charge in [0.25, 0.3) is 0 Å². The molecule has 1 aromatic carbocycles. The van der Waals surface area contributed by atoms with Crippen LogP contribution in [0.25, 0.3) is 0 Å². The summed E-state index contributed by atoms with van der Waals surface area (Å²) in [5, 5.41) is 0. The first-order valence-electron chi connectivity index (χ1n) is 7.28. The Morgan fingerprint density at radius 1 is 1.35 bits per heavy atom. The molecule has 23 heavy (non-hydrogen) atoms. The number of rotatable bonds is 4. The fourth-order valence-electron chi connectivity index (χ4n) is 2.59. The van der Waals surface area contributed by atoms with E-state index in [0.29, 0.717) is 19.6 Å². The molecule has 6 nitrogen and oxygen atoms in total. The molecule has 1 saturated heterocycles. The molecule has 0 radical (unpaired) electrons. The molecule has 1 fully saturated rings. The monoisotopic (exact) mass is 316 g/mol. The number of piperazine rings is 1. The maximum absolute atomic E-state index is 13.7. The van der Waals surface area contributed by atoms with Gasteiger partial charge in [0, 0.05) is 19.6 Å². The summed E-state index contributed by atoms with van der Waals surface area (Å²) < 4.78 is 18.9. The van der Waals surface area contributed by atoms with Crippen LogP contribution in [0, 0.1) is 5.82 Å². The Bertz CT molecular complexity index is 710. The van der Waals surface area contributed by atoms with Crippen molar-refractivity contribution in [1.82, 2.24) is 14.9 Å². The van der Waals surface area contributed by atoms with E-state index in [9.17, 15) is 9.18 Å². The summed E-state index contributed by atoms with van der Waals surface area (Å²) in [6.07, 6.45) is 2.39. The lowest BCUT2D eigenvalue weighted by Gasteiger charge is -2.35. The zero-order valence-corrected chi connectivity index (χ0v) is 12.8. The van der Waals surface area contributed by atoms with Crippen LogP contribution in [0.1, 0.15) is 5.56 Å². The number of anilines is 1. The number of carbonyl (C=O) groups is 1. The Hall–Kier alpha value is -2.70. The quantitative estimate of drug-likeness (QED) is 0.855. The summed E-state index contributed by atoms with van der Waals surface area (Å²) in [7, 11) is 1.61. The lowest BCUT2D eigenvalue weighted by atomic mass is 10.2. The molecule has 1 aromatic heterocycles. The number of aromatic nitrogens is 2. The van der Waals surface area contributed by atoms with Crippen molar-refractivity contribution in [2.75, 3.05) is 31.6 Å². The third kappa shape index (κ3) is 3.39.